The van der Waals surface area contributed by atoms with Crippen LogP contribution < -0.4 is 41.9 Å². The van der Waals surface area contributed by atoms with Crippen molar-refractivity contribution >= 4 is 261 Å². The zero-order valence-electron chi connectivity index (χ0n) is 67.0. The fourth-order valence-corrected chi connectivity index (χ4v) is 18.1. The maximum absolute atomic E-state index is 13.2. The molecule has 5 heterocycles. The van der Waals surface area contributed by atoms with E-state index in [1.54, 1.807) is 115 Å². The monoisotopic (exact) mass is 1890 g/mol. The number of pyridine rings is 5. The lowest BCUT2D eigenvalue weighted by Gasteiger charge is -2.22. The van der Waals surface area contributed by atoms with Crippen LogP contribution in [0.5, 0.6) is 11.5 Å². The number of anilines is 1. The van der Waals surface area contributed by atoms with E-state index in [-0.39, 0.29) is 100 Å². The summed E-state index contributed by atoms with van der Waals surface area (Å²) in [5.41, 5.74) is 7.55. The Morgan fingerprint density at radius 2 is 0.730 bits per heavy atom. The third-order valence-corrected chi connectivity index (χ3v) is 25.5. The van der Waals surface area contributed by atoms with Crippen molar-refractivity contribution in [2.24, 2.45) is 5.92 Å². The zero-order chi connectivity index (χ0) is 90.7. The molecule has 0 atom stereocenters. The number of aryl methyl sites for hydroxylation is 1. The smallest absolute Gasteiger partial charge is 0.323 e. The van der Waals surface area contributed by atoms with Gasteiger partial charge < -0.3 is 63.2 Å². The van der Waals surface area contributed by atoms with E-state index in [2.05, 4.69) is 5.32 Å². The summed E-state index contributed by atoms with van der Waals surface area (Å²) in [6.07, 6.45) is 7.26. The second-order valence-corrected chi connectivity index (χ2v) is 33.4. The number of carboxylic acids is 5. The second kappa shape index (κ2) is 39.1. The van der Waals surface area contributed by atoms with Gasteiger partial charge in [0.25, 0.3) is 0 Å². The quantitative estimate of drug-likeness (QED) is 0.0461. The summed E-state index contributed by atoms with van der Waals surface area (Å²) in [4.78, 5) is 122. The predicted molar refractivity (Wildman–Crippen MR) is 505 cm³/mol. The topological polar surface area (TPSA) is 327 Å². The Hall–Kier alpha value is -11.6. The summed E-state index contributed by atoms with van der Waals surface area (Å²) in [5, 5.41) is 56.0. The van der Waals surface area contributed by atoms with Crippen LogP contribution in [0.1, 0.15) is 50.2 Å². The standard InChI is InChI=1S/C22H21Cl2NO3.C21H13Cl2NO3.C17H14Cl2N2O3.C17H14ClNO5.C16H10Cl3NO3/c23-17-8-7-15-21(20(17)24)25(12-19(26)27)18-9-6-14(11-16(18)22(15)28)10-13-4-2-1-3-5-13;22-16-8-7-14-20(19(16)23)24(11-18(25)26)17-9-6-13(10-15(17)21(14)27)12-4-2-1-3-5-12;1-2-20-9-3-4-10-13(7-9)21(8-14(22)23)16-11(17(10)24)5-6-12(18)15(16)19;1-23-9-3-4-10-12(7-9)19(8-14(20)21)16-11(17(10)22)5-6-13(24-2)15(16)18;1-7-4-12-9(5-11(7)18)16(23)8-2-3-10(17)14(19)15(8)20(12)6-13(21)22/h6-9,11,13H,1-5,10,12H2,(H,26,27);1-10H,11H2,(H,25,26);3-7,20H,2,8H2,1H3,(H,22,23);3-7H,8H2,1-2H3,(H,20,21);2-5H,6H2,1H3,(H,21,22). The molecule has 16 aromatic rings. The molecule has 0 unspecified atom stereocenters. The average molecular weight is 1900 g/mol. The summed E-state index contributed by atoms with van der Waals surface area (Å²) < 4.78 is 18.0. The number of aromatic nitrogens is 5. The van der Waals surface area contributed by atoms with Crippen molar-refractivity contribution in [3.8, 4) is 22.6 Å². The first-order valence-corrected chi connectivity index (χ1v) is 42.6. The molecule has 1 fully saturated rings. The highest BCUT2D eigenvalue weighted by Crippen LogP contribution is 2.40. The van der Waals surface area contributed by atoms with E-state index in [1.165, 1.54) is 82.8 Å². The van der Waals surface area contributed by atoms with Crippen LogP contribution in [-0.2, 0) is 63.1 Å². The number of fused-ring (bicyclic) bond motifs is 10. The highest BCUT2D eigenvalue weighted by Gasteiger charge is 2.26. The van der Waals surface area contributed by atoms with Gasteiger partial charge in [-0.2, -0.15) is 0 Å². The number of halogens is 10. The molecular weight excluding hydrogens is 1830 g/mol. The van der Waals surface area contributed by atoms with Gasteiger partial charge in [-0.1, -0.05) is 191 Å². The minimum absolute atomic E-state index is 0.143. The Bertz CT molecular complexity index is 7530. The van der Waals surface area contributed by atoms with E-state index in [0.29, 0.717) is 143 Å². The van der Waals surface area contributed by atoms with Crippen molar-refractivity contribution in [3.63, 3.8) is 0 Å². The van der Waals surface area contributed by atoms with Crippen LogP contribution in [-0.4, -0.2) is 99.0 Å². The van der Waals surface area contributed by atoms with Crippen molar-refractivity contribution in [2.75, 3.05) is 26.1 Å². The lowest BCUT2D eigenvalue weighted by molar-refractivity contribution is -0.138. The molecule has 0 aliphatic heterocycles. The number of hydrogen-bond acceptors (Lipinski definition) is 13. The van der Waals surface area contributed by atoms with E-state index in [1.807, 2.05) is 61.5 Å². The molecule has 646 valence electrons. The first-order chi connectivity index (χ1) is 60.1. The van der Waals surface area contributed by atoms with Crippen molar-refractivity contribution in [3.05, 3.63) is 288 Å². The van der Waals surface area contributed by atoms with E-state index in [0.717, 1.165) is 34.4 Å². The Morgan fingerprint density at radius 3 is 1.16 bits per heavy atom. The van der Waals surface area contributed by atoms with Gasteiger partial charge in [-0.15, -0.1) is 0 Å². The largest absolute Gasteiger partial charge is 0.497 e. The van der Waals surface area contributed by atoms with Crippen LogP contribution in [0.3, 0.4) is 0 Å². The van der Waals surface area contributed by atoms with Gasteiger partial charge in [0.15, 0.2) is 27.1 Å². The molecule has 1 saturated carbocycles. The SMILES string of the molecule is CCNc1ccc2c(=O)c3ccc(Cl)c(Cl)c3n(CC(=O)O)c2c1.COc1ccc2c(=O)c3ccc(OC)c(Cl)c3n(CC(=O)O)c2c1.Cc1cc2c(cc1Cl)c(=O)c1ccc(Cl)c(Cl)c1n2CC(=O)O.O=C(O)Cn1c2ccc(-c3ccccc3)cc2c(=O)c2ccc(Cl)c(Cl)c21.O=C(O)Cn1c2ccc(CC3CCCCC3)cc2c(=O)c2ccc(Cl)c(Cl)c21. The van der Waals surface area contributed by atoms with Crippen LogP contribution in [0.15, 0.2) is 200 Å². The number of rotatable bonds is 17. The molecule has 1 aliphatic carbocycles. The molecule has 33 heteroatoms. The number of nitrogens with one attached hydrogen (secondary N) is 1. The summed E-state index contributed by atoms with van der Waals surface area (Å²) in [5.74, 6) is -3.66. The maximum atomic E-state index is 13.2. The number of aliphatic carboxylic acids is 5. The second-order valence-electron chi connectivity index (χ2n) is 29.5. The molecule has 23 nitrogen and oxygen atoms in total. The van der Waals surface area contributed by atoms with Crippen LogP contribution in [0, 0.1) is 12.8 Å². The molecule has 6 N–H and O–H groups in total. The zero-order valence-corrected chi connectivity index (χ0v) is 74.5. The van der Waals surface area contributed by atoms with Gasteiger partial charge in [-0.3, -0.25) is 47.9 Å². The van der Waals surface area contributed by atoms with E-state index < -0.39 is 29.8 Å². The number of carbonyl (C=O) groups is 5. The van der Waals surface area contributed by atoms with Gasteiger partial charge in [0.05, 0.1) is 110 Å². The summed E-state index contributed by atoms with van der Waals surface area (Å²) in [6, 6.07) is 49.9. The number of benzene rings is 11. The van der Waals surface area contributed by atoms with Crippen molar-refractivity contribution in [1.29, 1.82) is 0 Å². The number of nitrogens with zero attached hydrogens (tertiary/aromatic N) is 5. The van der Waals surface area contributed by atoms with Gasteiger partial charge >= 0.3 is 29.8 Å². The Morgan fingerprint density at radius 1 is 0.357 bits per heavy atom. The molecule has 5 aromatic heterocycles. The first kappa shape index (κ1) is 92.1. The highest BCUT2D eigenvalue weighted by molar-refractivity contribution is 6.47. The normalized spacial score (nSPS) is 12.1. The molecule has 0 bridgehead atoms. The lowest BCUT2D eigenvalue weighted by Crippen LogP contribution is -2.17. The number of carboxylic acid groups (broad SMARTS) is 5. The van der Waals surface area contributed by atoms with Gasteiger partial charge in [-0.25, -0.2) is 0 Å². The maximum Gasteiger partial charge on any atom is 0.323 e. The first-order valence-electron chi connectivity index (χ1n) is 38.8. The van der Waals surface area contributed by atoms with Crippen molar-refractivity contribution in [2.45, 2.75) is 85.1 Å². The predicted octanol–water partition coefficient (Wildman–Crippen LogP) is 22.3. The molecule has 17 rings (SSSR count). The Labute approximate surface area is 764 Å². The van der Waals surface area contributed by atoms with Crippen LogP contribution in [0.4, 0.5) is 5.69 Å². The molecular formula is C93H72Cl10N6O17. The van der Waals surface area contributed by atoms with Gasteiger partial charge in [0, 0.05) is 77.2 Å². The summed E-state index contributed by atoms with van der Waals surface area (Å²) >= 11 is 62.1. The van der Waals surface area contributed by atoms with Gasteiger partial charge in [0.2, 0.25) is 0 Å². The Balaban J connectivity index is 0.000000135. The fourth-order valence-electron chi connectivity index (χ4n) is 15.9. The van der Waals surface area contributed by atoms with E-state index in [9.17, 15) is 73.5 Å². The summed E-state index contributed by atoms with van der Waals surface area (Å²) in [7, 11) is 2.95. The van der Waals surface area contributed by atoms with Crippen LogP contribution in [0.2, 0.25) is 50.2 Å². The molecule has 126 heavy (non-hydrogen) atoms. The highest BCUT2D eigenvalue weighted by atomic mass is 35.5. The molecule has 0 amide bonds. The van der Waals surface area contributed by atoms with Gasteiger partial charge in [0.1, 0.15) is 49.2 Å². The fraction of sp³-hybridized carbons (Fsp3) is 0.183. The summed E-state index contributed by atoms with van der Waals surface area (Å²) in [6.45, 7) is 2.76. The number of hydrogen-bond donors (Lipinski definition) is 6. The minimum atomic E-state index is -1.06. The van der Waals surface area contributed by atoms with Crippen molar-refractivity contribution < 1.29 is 59.0 Å². The molecule has 0 saturated heterocycles. The van der Waals surface area contributed by atoms with E-state index >= 15 is 0 Å². The third kappa shape index (κ3) is 18.8. The van der Waals surface area contributed by atoms with Crippen LogP contribution >= 0.6 is 116 Å². The van der Waals surface area contributed by atoms with E-state index in [4.69, 9.17) is 125 Å². The van der Waals surface area contributed by atoms with Crippen LogP contribution in [0.25, 0.3) is 120 Å². The number of ether oxygens (including phenoxy) is 2. The average Bonchev–Trinajstić information content (AvgIpc) is 0.747. The van der Waals surface area contributed by atoms with Gasteiger partial charge in [-0.05, 0) is 176 Å². The minimum Gasteiger partial charge on any atom is -0.497 e. The molecule has 0 spiro atoms. The third-order valence-electron chi connectivity index (χ3n) is 21.6. The number of methoxy groups -OCH3 is 2. The molecule has 0 radical (unpaired) electrons. The molecule has 1 aliphatic rings. The molecule has 11 aromatic carbocycles. The van der Waals surface area contributed by atoms with Crippen molar-refractivity contribution in [1.82, 2.24) is 22.8 Å². The Kier molecular flexibility index (Phi) is 28.6. The lowest BCUT2D eigenvalue weighted by atomic mass is 9.84.